The van der Waals surface area contributed by atoms with Crippen LogP contribution in [-0.2, 0) is 35.2 Å². The van der Waals surface area contributed by atoms with Crippen LogP contribution in [0.1, 0.15) is 29.2 Å². The molecule has 0 spiro atoms. The van der Waals surface area contributed by atoms with Gasteiger partial charge in [0.1, 0.15) is 12.5 Å². The van der Waals surface area contributed by atoms with E-state index >= 15 is 0 Å². The topological polar surface area (TPSA) is 83.9 Å². The molecule has 7 nitrogen and oxygen atoms in total. The summed E-state index contributed by atoms with van der Waals surface area (Å²) in [4.78, 5) is 17.1. The first-order valence-electron chi connectivity index (χ1n) is 11.7. The lowest BCUT2D eigenvalue weighted by molar-refractivity contribution is -0.138. The van der Waals surface area contributed by atoms with Crippen LogP contribution >= 0.6 is 0 Å². The van der Waals surface area contributed by atoms with Gasteiger partial charge >= 0.3 is 12.1 Å². The summed E-state index contributed by atoms with van der Waals surface area (Å²) in [6.45, 7) is 3.68. The average Bonchev–Trinajstić information content (AvgIpc) is 2.87. The maximum absolute atomic E-state index is 13.6. The van der Waals surface area contributed by atoms with Crippen molar-refractivity contribution >= 4 is 5.97 Å². The lowest BCUT2D eigenvalue weighted by Crippen LogP contribution is -2.29. The summed E-state index contributed by atoms with van der Waals surface area (Å²) in [5.74, 6) is -0.564. The fraction of sp³-hybridized carbons (Fsp3) is 0.333. The number of nitrogens with zero attached hydrogens (tertiary/aromatic N) is 2. The van der Waals surface area contributed by atoms with Crippen molar-refractivity contribution in [3.63, 3.8) is 0 Å². The summed E-state index contributed by atoms with van der Waals surface area (Å²) in [5, 5.41) is 12.3. The zero-order chi connectivity index (χ0) is 26.8. The third kappa shape index (κ3) is 8.28. The first-order chi connectivity index (χ1) is 17.7. The maximum atomic E-state index is 13.6. The third-order valence-electron chi connectivity index (χ3n) is 5.74. The van der Waals surface area contributed by atoms with Gasteiger partial charge in [-0.05, 0) is 65.2 Å². The number of alkyl halides is 3. The lowest BCUT2D eigenvalue weighted by Gasteiger charge is -2.24. The quantitative estimate of drug-likeness (QED) is 0.245. The smallest absolute Gasteiger partial charge is 0.416 e. The van der Waals surface area contributed by atoms with Crippen molar-refractivity contribution < 1.29 is 32.5 Å². The van der Waals surface area contributed by atoms with Gasteiger partial charge in [0.2, 0.25) is 0 Å². The van der Waals surface area contributed by atoms with E-state index in [0.29, 0.717) is 41.1 Å². The van der Waals surface area contributed by atoms with E-state index in [1.54, 1.807) is 30.6 Å². The van der Waals surface area contributed by atoms with Crippen molar-refractivity contribution in [1.82, 2.24) is 15.2 Å². The minimum Gasteiger partial charge on any atom is -0.496 e. The molecule has 0 amide bonds. The second-order valence-electron chi connectivity index (χ2n) is 8.38. The van der Waals surface area contributed by atoms with E-state index in [2.05, 4.69) is 10.3 Å². The van der Waals surface area contributed by atoms with Gasteiger partial charge in [0, 0.05) is 31.0 Å². The van der Waals surface area contributed by atoms with Crippen LogP contribution in [0.15, 0.2) is 60.9 Å². The molecule has 198 valence electrons. The summed E-state index contributed by atoms with van der Waals surface area (Å²) in [6, 6.07) is 12.2. The number of carboxylic acid groups (broad SMARTS) is 1. The van der Waals surface area contributed by atoms with Gasteiger partial charge in [0.15, 0.2) is 0 Å². The Morgan fingerprint density at radius 3 is 2.46 bits per heavy atom. The Morgan fingerprint density at radius 1 is 1.05 bits per heavy atom. The van der Waals surface area contributed by atoms with E-state index in [1.807, 2.05) is 24.0 Å². The second-order valence-corrected chi connectivity index (χ2v) is 8.38. The molecule has 0 unspecified atom stereocenters. The molecule has 0 aliphatic carbocycles. The molecule has 10 heteroatoms. The fourth-order valence-electron chi connectivity index (χ4n) is 3.85. The number of aliphatic carboxylic acids is 1. The van der Waals surface area contributed by atoms with E-state index in [4.69, 9.17) is 9.47 Å². The Balaban J connectivity index is 1.81. The number of hydrogen-bond acceptors (Lipinski definition) is 6. The van der Waals surface area contributed by atoms with E-state index in [0.717, 1.165) is 17.7 Å². The largest absolute Gasteiger partial charge is 0.496 e. The predicted octanol–water partition coefficient (Wildman–Crippen LogP) is 4.95. The molecule has 37 heavy (non-hydrogen) atoms. The summed E-state index contributed by atoms with van der Waals surface area (Å²) in [7, 11) is 1.46. The van der Waals surface area contributed by atoms with Crippen LogP contribution in [-0.4, -0.2) is 48.1 Å². The van der Waals surface area contributed by atoms with E-state index in [1.165, 1.54) is 13.2 Å². The van der Waals surface area contributed by atoms with Crippen LogP contribution in [0.3, 0.4) is 0 Å². The highest BCUT2D eigenvalue weighted by molar-refractivity contribution is 5.77. The first-order valence-corrected chi connectivity index (χ1v) is 11.7. The van der Waals surface area contributed by atoms with Gasteiger partial charge in [0.05, 0.1) is 25.8 Å². The molecular formula is C27H30F3N3O4. The molecule has 0 radical (unpaired) electrons. The van der Waals surface area contributed by atoms with Crippen LogP contribution in [0, 0.1) is 0 Å². The zero-order valence-corrected chi connectivity index (χ0v) is 20.7. The number of carboxylic acids is 1. The van der Waals surface area contributed by atoms with Crippen molar-refractivity contribution in [3.05, 3.63) is 83.2 Å². The Hall–Kier alpha value is -3.47. The molecule has 1 aromatic heterocycles. The molecule has 0 saturated heterocycles. The number of aromatic nitrogens is 1. The number of rotatable bonds is 13. The summed E-state index contributed by atoms with van der Waals surface area (Å²) in [5.41, 5.74) is 2.30. The molecular weight excluding hydrogens is 487 g/mol. The number of methoxy groups -OCH3 is 1. The van der Waals surface area contributed by atoms with E-state index in [9.17, 15) is 23.1 Å². The predicted molar refractivity (Wildman–Crippen MR) is 133 cm³/mol. The summed E-state index contributed by atoms with van der Waals surface area (Å²) >= 11 is 0. The Bertz CT molecular complexity index is 1170. The monoisotopic (exact) mass is 517 g/mol. The van der Waals surface area contributed by atoms with Crippen LogP contribution in [0.4, 0.5) is 13.2 Å². The van der Waals surface area contributed by atoms with Crippen molar-refractivity contribution in [2.45, 2.75) is 32.6 Å². The molecule has 0 bridgehead atoms. The summed E-state index contributed by atoms with van der Waals surface area (Å²) in [6.07, 6.45) is -1.31. The SMILES string of the molecule is CCN(COCNCc1ccncc1)Cc1cc(C(F)(F)F)ccc1-c1cc(CC(=O)O)ccc1OC. The molecule has 2 N–H and O–H groups in total. The number of ether oxygens (including phenoxy) is 2. The summed E-state index contributed by atoms with van der Waals surface area (Å²) < 4.78 is 51.9. The number of hydrogen-bond donors (Lipinski definition) is 2. The van der Waals surface area contributed by atoms with E-state index in [-0.39, 0.29) is 26.4 Å². The molecule has 3 rings (SSSR count). The molecule has 3 aromatic rings. The van der Waals surface area contributed by atoms with Gasteiger partial charge < -0.3 is 14.6 Å². The highest BCUT2D eigenvalue weighted by Gasteiger charge is 2.31. The van der Waals surface area contributed by atoms with Crippen LogP contribution < -0.4 is 10.1 Å². The van der Waals surface area contributed by atoms with Crippen molar-refractivity contribution in [2.24, 2.45) is 0 Å². The third-order valence-corrected chi connectivity index (χ3v) is 5.74. The minimum atomic E-state index is -4.51. The highest BCUT2D eigenvalue weighted by atomic mass is 19.4. The molecule has 0 atom stereocenters. The molecule has 0 aliphatic rings. The number of pyridine rings is 1. The van der Waals surface area contributed by atoms with Gasteiger partial charge in [-0.25, -0.2) is 0 Å². The Morgan fingerprint density at radius 2 is 1.81 bits per heavy atom. The van der Waals surface area contributed by atoms with Gasteiger partial charge in [-0.3, -0.25) is 20.0 Å². The molecule has 1 heterocycles. The van der Waals surface area contributed by atoms with E-state index < -0.39 is 17.7 Å². The Labute approximate surface area is 213 Å². The van der Waals surface area contributed by atoms with Gasteiger partial charge in [-0.1, -0.05) is 19.1 Å². The fourth-order valence-corrected chi connectivity index (χ4v) is 3.85. The lowest BCUT2D eigenvalue weighted by atomic mass is 9.94. The number of halogens is 3. The molecule has 2 aromatic carbocycles. The normalized spacial score (nSPS) is 11.6. The van der Waals surface area contributed by atoms with Crippen molar-refractivity contribution in [2.75, 3.05) is 27.1 Å². The number of benzene rings is 2. The van der Waals surface area contributed by atoms with Crippen molar-refractivity contribution in [1.29, 1.82) is 0 Å². The van der Waals surface area contributed by atoms with Crippen LogP contribution in [0.2, 0.25) is 0 Å². The van der Waals surface area contributed by atoms with Gasteiger partial charge in [0.25, 0.3) is 0 Å². The Kier molecular flexibility index (Phi) is 10.0. The molecule has 0 saturated carbocycles. The van der Waals surface area contributed by atoms with Crippen LogP contribution in [0.25, 0.3) is 11.1 Å². The van der Waals surface area contributed by atoms with Gasteiger partial charge in [-0.2, -0.15) is 13.2 Å². The number of carbonyl (C=O) groups is 1. The van der Waals surface area contributed by atoms with Crippen LogP contribution in [0.5, 0.6) is 5.75 Å². The molecule has 0 aliphatic heterocycles. The van der Waals surface area contributed by atoms with Crippen molar-refractivity contribution in [3.8, 4) is 16.9 Å². The second kappa shape index (κ2) is 13.2. The highest BCUT2D eigenvalue weighted by Crippen LogP contribution is 2.38. The van der Waals surface area contributed by atoms with Gasteiger partial charge in [-0.15, -0.1) is 0 Å². The first kappa shape index (κ1) is 28.1. The zero-order valence-electron chi connectivity index (χ0n) is 20.7. The average molecular weight is 518 g/mol. The molecule has 0 fully saturated rings. The maximum Gasteiger partial charge on any atom is 0.416 e. The standard InChI is InChI=1S/C27H30F3N3O4/c1-3-33(18-37-17-32-15-19-8-10-31-11-9-19)16-21-14-22(27(28,29)30)5-6-23(21)24-12-20(13-26(34)35)4-7-25(24)36-2/h4-12,14,32H,3,13,15-18H2,1-2H3,(H,34,35). The number of nitrogens with one attached hydrogen (secondary N) is 1. The minimum absolute atomic E-state index is 0.187.